The van der Waals surface area contributed by atoms with Crippen LogP contribution in [-0.2, 0) is 4.79 Å². The molecule has 0 saturated heterocycles. The van der Waals surface area contributed by atoms with E-state index in [1.165, 1.54) is 26.4 Å². The van der Waals surface area contributed by atoms with Crippen LogP contribution in [0.5, 0.6) is 17.2 Å². The van der Waals surface area contributed by atoms with Crippen molar-refractivity contribution in [3.05, 3.63) is 53.6 Å². The molecule has 0 radical (unpaired) electrons. The first-order valence-corrected chi connectivity index (χ1v) is 8.82. The number of hydrogen-bond acceptors (Lipinski definition) is 4. The van der Waals surface area contributed by atoms with Gasteiger partial charge in [-0.3, -0.25) is 4.79 Å². The molecule has 2 aromatic carbocycles. The molecule has 2 rings (SSSR count). The topological polar surface area (TPSA) is 56.8 Å². The maximum Gasteiger partial charge on any atom is 0.248 e. The highest BCUT2D eigenvalue weighted by Gasteiger charge is 2.16. The van der Waals surface area contributed by atoms with E-state index in [1.807, 2.05) is 6.92 Å². The molecular weight excluding hydrogens is 368 g/mol. The molecule has 0 heterocycles. The standard InChI is InChI=1S/C21H23F2NO4/c1-4-5-12-28-21-16(9-8-15(22)20(21)23)24-19(25)11-7-14-6-10-17(26-2)18(13-14)27-3/h6-11,13H,4-5,12H2,1-3H3,(H,24,25)/b11-7+. The third-order valence-electron chi connectivity index (χ3n) is 3.89. The van der Waals surface area contributed by atoms with E-state index < -0.39 is 17.5 Å². The van der Waals surface area contributed by atoms with Gasteiger partial charge in [0.1, 0.15) is 0 Å². The Hall–Kier alpha value is -3.09. The first-order chi connectivity index (χ1) is 13.5. The zero-order chi connectivity index (χ0) is 20.5. The summed E-state index contributed by atoms with van der Waals surface area (Å²) in [5.41, 5.74) is 0.773. The quantitative estimate of drug-likeness (QED) is 0.492. The van der Waals surface area contributed by atoms with Crippen molar-refractivity contribution in [2.45, 2.75) is 19.8 Å². The van der Waals surface area contributed by atoms with Crippen molar-refractivity contribution < 1.29 is 27.8 Å². The summed E-state index contributed by atoms with van der Waals surface area (Å²) in [7, 11) is 3.05. The summed E-state index contributed by atoms with van der Waals surface area (Å²) in [4.78, 5) is 12.2. The third kappa shape index (κ3) is 5.45. The molecule has 7 heteroatoms. The zero-order valence-electron chi connectivity index (χ0n) is 16.1. The minimum Gasteiger partial charge on any atom is -0.493 e. The molecule has 0 bridgehead atoms. The monoisotopic (exact) mass is 391 g/mol. The van der Waals surface area contributed by atoms with E-state index in [1.54, 1.807) is 24.3 Å². The molecule has 0 fully saturated rings. The smallest absolute Gasteiger partial charge is 0.248 e. The molecule has 0 aliphatic carbocycles. The lowest BCUT2D eigenvalue weighted by Crippen LogP contribution is -2.11. The number of halogens is 2. The van der Waals surface area contributed by atoms with E-state index in [9.17, 15) is 13.6 Å². The Kier molecular flexibility index (Phi) is 7.80. The first kappa shape index (κ1) is 21.2. The molecule has 0 aromatic heterocycles. The lowest BCUT2D eigenvalue weighted by Gasteiger charge is -2.13. The van der Waals surface area contributed by atoms with Crippen molar-refractivity contribution in [1.82, 2.24) is 0 Å². The molecule has 0 aliphatic rings. The highest BCUT2D eigenvalue weighted by atomic mass is 19.2. The van der Waals surface area contributed by atoms with Crippen molar-refractivity contribution in [2.75, 3.05) is 26.1 Å². The molecule has 0 saturated carbocycles. The van der Waals surface area contributed by atoms with Gasteiger partial charge in [0.2, 0.25) is 11.7 Å². The van der Waals surface area contributed by atoms with Crippen molar-refractivity contribution in [3.63, 3.8) is 0 Å². The number of carbonyl (C=O) groups excluding carboxylic acids is 1. The molecule has 150 valence electrons. The Balaban J connectivity index is 2.14. The Bertz CT molecular complexity index is 853. The van der Waals surface area contributed by atoms with Crippen molar-refractivity contribution in [3.8, 4) is 17.2 Å². The van der Waals surface area contributed by atoms with E-state index >= 15 is 0 Å². The van der Waals surface area contributed by atoms with Crippen molar-refractivity contribution >= 4 is 17.7 Å². The second kappa shape index (κ2) is 10.3. The maximum atomic E-state index is 14.1. The highest BCUT2D eigenvalue weighted by Crippen LogP contribution is 2.30. The molecule has 0 aliphatic heterocycles. The lowest BCUT2D eigenvalue weighted by atomic mass is 10.2. The molecule has 28 heavy (non-hydrogen) atoms. The number of anilines is 1. The fraction of sp³-hybridized carbons (Fsp3) is 0.286. The van der Waals surface area contributed by atoms with Crippen LogP contribution in [0.3, 0.4) is 0 Å². The van der Waals surface area contributed by atoms with Crippen LogP contribution in [0.1, 0.15) is 25.3 Å². The lowest BCUT2D eigenvalue weighted by molar-refractivity contribution is -0.111. The summed E-state index contributed by atoms with van der Waals surface area (Å²) < 4.78 is 43.3. The molecular formula is C21H23F2NO4. The zero-order valence-corrected chi connectivity index (χ0v) is 16.1. The summed E-state index contributed by atoms with van der Waals surface area (Å²) in [5, 5.41) is 2.51. The third-order valence-corrected chi connectivity index (χ3v) is 3.89. The SMILES string of the molecule is CCCCOc1c(NC(=O)/C=C/c2ccc(OC)c(OC)c2)ccc(F)c1F. The fourth-order valence-electron chi connectivity index (χ4n) is 2.39. The van der Waals surface area contributed by atoms with Crippen LogP contribution in [0.15, 0.2) is 36.4 Å². The van der Waals surface area contributed by atoms with Gasteiger partial charge in [0.15, 0.2) is 23.1 Å². The minimum atomic E-state index is -1.13. The summed E-state index contributed by atoms with van der Waals surface area (Å²) in [6, 6.07) is 7.38. The molecule has 5 nitrogen and oxygen atoms in total. The molecule has 0 spiro atoms. The number of carbonyl (C=O) groups is 1. The summed E-state index contributed by atoms with van der Waals surface area (Å²) in [5.74, 6) is -1.89. The van der Waals surface area contributed by atoms with Crippen LogP contribution >= 0.6 is 0 Å². The predicted octanol–water partition coefficient (Wildman–Crippen LogP) is 4.81. The molecule has 0 atom stereocenters. The van der Waals surface area contributed by atoms with Gasteiger partial charge in [-0.2, -0.15) is 4.39 Å². The van der Waals surface area contributed by atoms with Gasteiger partial charge in [-0.05, 0) is 42.3 Å². The van der Waals surface area contributed by atoms with E-state index in [0.717, 1.165) is 12.5 Å². The summed E-state index contributed by atoms with van der Waals surface area (Å²) in [6.45, 7) is 2.17. The molecule has 1 amide bonds. The Morgan fingerprint density at radius 1 is 1.11 bits per heavy atom. The van der Waals surface area contributed by atoms with E-state index in [2.05, 4.69) is 5.32 Å². The molecule has 1 N–H and O–H groups in total. The van der Waals surface area contributed by atoms with Gasteiger partial charge in [0, 0.05) is 6.08 Å². The first-order valence-electron chi connectivity index (χ1n) is 8.82. The second-order valence-electron chi connectivity index (χ2n) is 5.88. The van der Waals surface area contributed by atoms with E-state index in [4.69, 9.17) is 14.2 Å². The van der Waals surface area contributed by atoms with Crippen LogP contribution in [0.4, 0.5) is 14.5 Å². The molecule has 2 aromatic rings. The normalized spacial score (nSPS) is 10.8. The van der Waals surface area contributed by atoms with Crippen molar-refractivity contribution in [1.29, 1.82) is 0 Å². The average molecular weight is 391 g/mol. The van der Waals surface area contributed by atoms with Crippen LogP contribution < -0.4 is 19.5 Å². The average Bonchev–Trinajstić information content (AvgIpc) is 2.71. The number of amides is 1. The van der Waals surface area contributed by atoms with Gasteiger partial charge in [0.25, 0.3) is 0 Å². The number of rotatable bonds is 9. The highest BCUT2D eigenvalue weighted by molar-refractivity contribution is 6.02. The van der Waals surface area contributed by atoms with Gasteiger partial charge < -0.3 is 19.5 Å². The van der Waals surface area contributed by atoms with Gasteiger partial charge in [-0.1, -0.05) is 19.4 Å². The number of nitrogens with one attached hydrogen (secondary N) is 1. The summed E-state index contributed by atoms with van der Waals surface area (Å²) >= 11 is 0. The predicted molar refractivity (Wildman–Crippen MR) is 104 cm³/mol. The van der Waals surface area contributed by atoms with Gasteiger partial charge in [-0.15, -0.1) is 0 Å². The number of benzene rings is 2. The van der Waals surface area contributed by atoms with Crippen LogP contribution in [0, 0.1) is 11.6 Å². The Labute approximate surface area is 162 Å². The van der Waals surface area contributed by atoms with E-state index in [-0.39, 0.29) is 18.0 Å². The van der Waals surface area contributed by atoms with Crippen LogP contribution in [-0.4, -0.2) is 26.7 Å². The number of unbranched alkanes of at least 4 members (excludes halogenated alkanes) is 1. The minimum absolute atomic E-state index is 0.0666. The number of ether oxygens (including phenoxy) is 3. The number of methoxy groups -OCH3 is 2. The maximum absolute atomic E-state index is 14.1. The Morgan fingerprint density at radius 3 is 2.54 bits per heavy atom. The van der Waals surface area contributed by atoms with Gasteiger partial charge in [-0.25, -0.2) is 4.39 Å². The largest absolute Gasteiger partial charge is 0.493 e. The Morgan fingerprint density at radius 2 is 1.86 bits per heavy atom. The van der Waals surface area contributed by atoms with Gasteiger partial charge in [0.05, 0.1) is 26.5 Å². The van der Waals surface area contributed by atoms with Gasteiger partial charge >= 0.3 is 0 Å². The fourth-order valence-corrected chi connectivity index (χ4v) is 2.39. The summed E-state index contributed by atoms with van der Waals surface area (Å²) in [6.07, 6.45) is 4.36. The van der Waals surface area contributed by atoms with Crippen LogP contribution in [0.2, 0.25) is 0 Å². The van der Waals surface area contributed by atoms with E-state index in [0.29, 0.717) is 23.5 Å². The number of hydrogen-bond donors (Lipinski definition) is 1. The van der Waals surface area contributed by atoms with Crippen LogP contribution in [0.25, 0.3) is 6.08 Å². The van der Waals surface area contributed by atoms with Crippen molar-refractivity contribution in [2.24, 2.45) is 0 Å². The molecule has 0 unspecified atom stereocenters. The second-order valence-corrected chi connectivity index (χ2v) is 5.88.